The summed E-state index contributed by atoms with van der Waals surface area (Å²) in [6, 6.07) is 11.8. The van der Waals surface area contributed by atoms with Crippen molar-refractivity contribution in [2.45, 2.75) is 39.5 Å². The standard InChI is InChI=1S/C22H24BrNO2S2/c1-3-5-7-15(4-2)14-24-21(25)20(28-22(24)27)13-18-10-11-19(26-18)16-8-6-9-17(23)12-16/h6,8-13,15H,3-5,7,14H2,1-2H3. The van der Waals surface area contributed by atoms with Crippen LogP contribution in [0.5, 0.6) is 0 Å². The summed E-state index contributed by atoms with van der Waals surface area (Å²) in [4.78, 5) is 15.3. The Morgan fingerprint density at radius 1 is 1.29 bits per heavy atom. The molecule has 3 rings (SSSR count). The second kappa shape index (κ2) is 9.90. The monoisotopic (exact) mass is 477 g/mol. The number of unbranched alkanes of at least 4 members (excludes halogenated alkanes) is 1. The number of thiocarbonyl (C=S) groups is 1. The molecule has 1 fully saturated rings. The Hall–Kier alpha value is -1.37. The Morgan fingerprint density at radius 3 is 2.82 bits per heavy atom. The normalized spacial score (nSPS) is 17.0. The molecule has 1 amide bonds. The number of halogens is 1. The summed E-state index contributed by atoms with van der Waals surface area (Å²) in [5.41, 5.74) is 0.989. The molecule has 0 radical (unpaired) electrons. The van der Waals surface area contributed by atoms with E-state index in [0.717, 1.165) is 28.6 Å². The Balaban J connectivity index is 1.73. The van der Waals surface area contributed by atoms with Gasteiger partial charge in [0.15, 0.2) is 0 Å². The summed E-state index contributed by atoms with van der Waals surface area (Å²) in [5.74, 6) is 1.92. The van der Waals surface area contributed by atoms with Crippen molar-refractivity contribution in [3.05, 3.63) is 51.5 Å². The molecular weight excluding hydrogens is 454 g/mol. The van der Waals surface area contributed by atoms with Crippen LogP contribution in [-0.4, -0.2) is 21.7 Å². The molecular formula is C22H24BrNO2S2. The SMILES string of the molecule is CCCCC(CC)CN1C(=O)C(=Cc2ccc(-c3cccc(Br)c3)o2)SC1=S. The lowest BCUT2D eigenvalue weighted by Gasteiger charge is -2.21. The first-order valence-electron chi connectivity index (χ1n) is 9.63. The molecule has 6 heteroatoms. The second-order valence-electron chi connectivity index (χ2n) is 6.92. The van der Waals surface area contributed by atoms with Gasteiger partial charge in [-0.1, -0.05) is 85.2 Å². The van der Waals surface area contributed by atoms with Gasteiger partial charge in [0.2, 0.25) is 0 Å². The second-order valence-corrected chi connectivity index (χ2v) is 9.51. The third kappa shape index (κ3) is 5.16. The predicted molar refractivity (Wildman–Crippen MR) is 125 cm³/mol. The number of hydrogen-bond donors (Lipinski definition) is 0. The van der Waals surface area contributed by atoms with Crippen molar-refractivity contribution in [1.29, 1.82) is 0 Å². The highest BCUT2D eigenvalue weighted by molar-refractivity contribution is 9.10. The predicted octanol–water partition coefficient (Wildman–Crippen LogP) is 7.13. The summed E-state index contributed by atoms with van der Waals surface area (Å²) in [5, 5.41) is 0. The van der Waals surface area contributed by atoms with Gasteiger partial charge >= 0.3 is 0 Å². The molecule has 28 heavy (non-hydrogen) atoms. The van der Waals surface area contributed by atoms with E-state index in [9.17, 15) is 4.79 Å². The maximum Gasteiger partial charge on any atom is 0.266 e. The highest BCUT2D eigenvalue weighted by atomic mass is 79.9. The van der Waals surface area contributed by atoms with Gasteiger partial charge in [-0.05, 0) is 36.6 Å². The van der Waals surface area contributed by atoms with Gasteiger partial charge in [0.05, 0.1) is 4.91 Å². The number of carbonyl (C=O) groups excluding carboxylic acids is 1. The minimum Gasteiger partial charge on any atom is -0.457 e. The third-order valence-corrected chi connectivity index (χ3v) is 6.74. The van der Waals surface area contributed by atoms with Gasteiger partial charge < -0.3 is 4.42 Å². The van der Waals surface area contributed by atoms with E-state index in [1.165, 1.54) is 24.6 Å². The quantitative estimate of drug-likeness (QED) is 0.299. The van der Waals surface area contributed by atoms with Gasteiger partial charge in [-0.2, -0.15) is 0 Å². The van der Waals surface area contributed by atoms with Crippen molar-refractivity contribution >= 4 is 56.2 Å². The fourth-order valence-electron chi connectivity index (χ4n) is 3.19. The van der Waals surface area contributed by atoms with E-state index < -0.39 is 0 Å². The van der Waals surface area contributed by atoms with Crippen LogP contribution in [0.2, 0.25) is 0 Å². The van der Waals surface area contributed by atoms with Gasteiger partial charge in [0, 0.05) is 22.7 Å². The van der Waals surface area contributed by atoms with Crippen molar-refractivity contribution in [3.63, 3.8) is 0 Å². The minimum absolute atomic E-state index is 0.00893. The van der Waals surface area contributed by atoms with Crippen molar-refractivity contribution < 1.29 is 9.21 Å². The molecule has 3 nitrogen and oxygen atoms in total. The number of thioether (sulfide) groups is 1. The van der Waals surface area contributed by atoms with E-state index >= 15 is 0 Å². The first kappa shape index (κ1) is 21.3. The molecule has 1 saturated heterocycles. The van der Waals surface area contributed by atoms with Crippen LogP contribution < -0.4 is 0 Å². The molecule has 0 saturated carbocycles. The van der Waals surface area contributed by atoms with E-state index in [1.807, 2.05) is 36.4 Å². The van der Waals surface area contributed by atoms with E-state index in [-0.39, 0.29) is 5.91 Å². The lowest BCUT2D eigenvalue weighted by molar-refractivity contribution is -0.122. The number of hydrogen-bond acceptors (Lipinski definition) is 4. The lowest BCUT2D eigenvalue weighted by atomic mass is 9.99. The zero-order valence-electron chi connectivity index (χ0n) is 16.1. The fourth-order valence-corrected chi connectivity index (χ4v) is 4.84. The molecule has 1 unspecified atom stereocenters. The maximum absolute atomic E-state index is 12.9. The van der Waals surface area contributed by atoms with Crippen LogP contribution in [-0.2, 0) is 4.79 Å². The molecule has 1 atom stereocenters. The summed E-state index contributed by atoms with van der Waals surface area (Å²) >= 11 is 10.3. The smallest absolute Gasteiger partial charge is 0.266 e. The third-order valence-electron chi connectivity index (χ3n) is 4.87. The van der Waals surface area contributed by atoms with Crippen molar-refractivity contribution in [2.75, 3.05) is 6.54 Å². The van der Waals surface area contributed by atoms with Crippen molar-refractivity contribution in [3.8, 4) is 11.3 Å². The van der Waals surface area contributed by atoms with E-state index in [0.29, 0.717) is 27.4 Å². The molecule has 1 aliphatic heterocycles. The molecule has 0 N–H and O–H groups in total. The fraction of sp³-hybridized carbons (Fsp3) is 0.364. The van der Waals surface area contributed by atoms with Crippen LogP contribution in [0.15, 0.2) is 50.2 Å². The number of amides is 1. The molecule has 1 aromatic carbocycles. The molecule has 2 aromatic rings. The molecule has 1 aromatic heterocycles. The van der Waals surface area contributed by atoms with Crippen LogP contribution in [0.1, 0.15) is 45.3 Å². The number of rotatable bonds is 8. The summed E-state index contributed by atoms with van der Waals surface area (Å²) in [7, 11) is 0. The average molecular weight is 478 g/mol. The first-order chi connectivity index (χ1) is 13.5. The van der Waals surface area contributed by atoms with Crippen LogP contribution >= 0.6 is 39.9 Å². The molecule has 0 spiro atoms. The summed E-state index contributed by atoms with van der Waals surface area (Å²) in [6.45, 7) is 5.08. The minimum atomic E-state index is -0.00893. The Kier molecular flexibility index (Phi) is 7.55. The number of nitrogens with zero attached hydrogens (tertiary/aromatic N) is 1. The van der Waals surface area contributed by atoms with Gasteiger partial charge in [0.25, 0.3) is 5.91 Å². The van der Waals surface area contributed by atoms with Gasteiger partial charge in [0.1, 0.15) is 15.8 Å². The van der Waals surface area contributed by atoms with Crippen LogP contribution in [0.4, 0.5) is 0 Å². The van der Waals surface area contributed by atoms with Crippen molar-refractivity contribution in [1.82, 2.24) is 4.90 Å². The first-order valence-corrected chi connectivity index (χ1v) is 11.6. The molecule has 0 bridgehead atoms. The summed E-state index contributed by atoms with van der Waals surface area (Å²) < 4.78 is 7.58. The molecule has 148 valence electrons. The van der Waals surface area contributed by atoms with E-state index in [4.69, 9.17) is 16.6 Å². The van der Waals surface area contributed by atoms with Gasteiger partial charge in [-0.3, -0.25) is 9.69 Å². The molecule has 2 heterocycles. The molecule has 1 aliphatic rings. The number of furan rings is 1. The Bertz CT molecular complexity index is 890. The largest absolute Gasteiger partial charge is 0.457 e. The van der Waals surface area contributed by atoms with Gasteiger partial charge in [-0.25, -0.2) is 0 Å². The Morgan fingerprint density at radius 2 is 2.11 bits per heavy atom. The maximum atomic E-state index is 12.9. The van der Waals surface area contributed by atoms with Crippen LogP contribution in [0.3, 0.4) is 0 Å². The average Bonchev–Trinajstić information content (AvgIpc) is 3.25. The molecule has 0 aliphatic carbocycles. The zero-order chi connectivity index (χ0) is 20.1. The van der Waals surface area contributed by atoms with Crippen LogP contribution in [0, 0.1) is 5.92 Å². The summed E-state index contributed by atoms with van der Waals surface area (Å²) in [6.07, 6.45) is 6.36. The number of carbonyl (C=O) groups is 1. The van der Waals surface area contributed by atoms with Crippen molar-refractivity contribution in [2.24, 2.45) is 5.92 Å². The van der Waals surface area contributed by atoms with E-state index in [2.05, 4.69) is 29.8 Å². The Labute approximate surface area is 184 Å². The zero-order valence-corrected chi connectivity index (χ0v) is 19.3. The van der Waals surface area contributed by atoms with Gasteiger partial charge in [-0.15, -0.1) is 0 Å². The number of benzene rings is 1. The van der Waals surface area contributed by atoms with Crippen LogP contribution in [0.25, 0.3) is 17.4 Å². The highest BCUT2D eigenvalue weighted by Crippen LogP contribution is 2.35. The van der Waals surface area contributed by atoms with E-state index in [1.54, 1.807) is 11.0 Å². The topological polar surface area (TPSA) is 33.5 Å². The highest BCUT2D eigenvalue weighted by Gasteiger charge is 2.33. The lowest BCUT2D eigenvalue weighted by Crippen LogP contribution is -2.33.